The smallest absolute Gasteiger partial charge is 0.342 e. The first kappa shape index (κ1) is 31.7. The lowest BCUT2D eigenvalue weighted by Crippen LogP contribution is -2.29. The third kappa shape index (κ3) is 6.36. The molecule has 1 unspecified atom stereocenters. The first-order chi connectivity index (χ1) is 25.0. The van der Waals surface area contributed by atoms with Crippen LogP contribution in [0.15, 0.2) is 127 Å². The van der Waals surface area contributed by atoms with Gasteiger partial charge in [-0.1, -0.05) is 42.5 Å². The van der Waals surface area contributed by atoms with Crippen LogP contribution in [0.5, 0.6) is 5.75 Å². The fourth-order valence-electron chi connectivity index (χ4n) is 6.04. The Balaban J connectivity index is 0.000000289. The van der Waals surface area contributed by atoms with Crippen LogP contribution in [0.25, 0.3) is 38.7 Å². The highest BCUT2D eigenvalue weighted by Gasteiger charge is 2.48. The number of cyclic esters (lactones) is 1. The highest BCUT2D eigenvalue weighted by atomic mass is 32.1. The number of esters is 1. The summed E-state index contributed by atoms with van der Waals surface area (Å²) in [6, 6.07) is 33.4. The van der Waals surface area contributed by atoms with Crippen LogP contribution in [-0.4, -0.2) is 46.0 Å². The molecule has 51 heavy (non-hydrogen) atoms. The van der Waals surface area contributed by atoms with Crippen LogP contribution in [-0.2, 0) is 28.3 Å². The van der Waals surface area contributed by atoms with Gasteiger partial charge in [0.25, 0.3) is 5.79 Å². The van der Waals surface area contributed by atoms with Crippen molar-refractivity contribution in [1.29, 1.82) is 0 Å². The predicted molar refractivity (Wildman–Crippen MR) is 193 cm³/mol. The first-order valence-corrected chi connectivity index (χ1v) is 16.7. The van der Waals surface area contributed by atoms with Crippen LogP contribution < -0.4 is 4.74 Å². The zero-order chi connectivity index (χ0) is 34.8. The summed E-state index contributed by atoms with van der Waals surface area (Å²) in [5.74, 6) is -1.94. The minimum Gasteiger partial charge on any atom is -0.489 e. The minimum absolute atomic E-state index is 0.264. The van der Waals surface area contributed by atoms with E-state index in [1.54, 1.807) is 55.1 Å². The van der Waals surface area contributed by atoms with Crippen LogP contribution in [0.2, 0.25) is 0 Å². The molecule has 0 saturated heterocycles. The molecule has 4 heterocycles. The molecule has 0 bridgehead atoms. The second-order valence-corrected chi connectivity index (χ2v) is 12.4. The van der Waals surface area contributed by atoms with E-state index >= 15 is 0 Å². The average molecular weight is 693 g/mol. The maximum absolute atomic E-state index is 13.4. The summed E-state index contributed by atoms with van der Waals surface area (Å²) in [6.45, 7) is 0.415. The molecule has 0 saturated carbocycles. The van der Waals surface area contributed by atoms with Gasteiger partial charge in [-0.05, 0) is 83.4 Å². The lowest BCUT2D eigenvalue weighted by atomic mass is 9.88. The number of carbonyl (C=O) groups excluding carboxylic acids is 2. The Morgan fingerprint density at radius 1 is 0.765 bits per heavy atom. The van der Waals surface area contributed by atoms with Crippen molar-refractivity contribution < 1.29 is 24.2 Å². The lowest BCUT2D eigenvalue weighted by Gasteiger charge is -2.26. The Morgan fingerprint density at radius 2 is 1.49 bits per heavy atom. The Bertz CT molecular complexity index is 2560. The largest absolute Gasteiger partial charge is 0.489 e. The Labute approximate surface area is 294 Å². The van der Waals surface area contributed by atoms with Gasteiger partial charge >= 0.3 is 5.97 Å². The van der Waals surface area contributed by atoms with Gasteiger partial charge in [-0.25, -0.2) is 14.8 Å². The van der Waals surface area contributed by atoms with Crippen molar-refractivity contribution in [3.05, 3.63) is 155 Å². The fraction of sp³-hybridized carbons (Fsp3) is 0.0769. The topological polar surface area (TPSA) is 156 Å². The van der Waals surface area contributed by atoms with Crippen molar-refractivity contribution >= 4 is 62.7 Å². The molecule has 0 spiro atoms. The second kappa shape index (κ2) is 13.4. The summed E-state index contributed by atoms with van der Waals surface area (Å²) < 4.78 is 20.3. The van der Waals surface area contributed by atoms with Crippen molar-refractivity contribution in [3.8, 4) is 5.75 Å². The molecule has 11 nitrogen and oxygen atoms in total. The number of aliphatic hydroxyl groups is 1. The molecular weight excluding hydrogens is 665 g/mol. The third-order valence-electron chi connectivity index (χ3n) is 8.64. The molecule has 250 valence electrons. The van der Waals surface area contributed by atoms with E-state index in [1.807, 2.05) is 66.7 Å². The zero-order valence-electron chi connectivity index (χ0n) is 26.8. The number of aromatic amines is 2. The molecule has 0 radical (unpaired) electrons. The first-order valence-electron chi connectivity index (χ1n) is 16.0. The summed E-state index contributed by atoms with van der Waals surface area (Å²) in [7, 11) is 0. The Morgan fingerprint density at radius 3 is 2.25 bits per heavy atom. The fourth-order valence-corrected chi connectivity index (χ4v) is 6.56. The number of nitrogens with zero attached hydrogens (tertiary/aromatic N) is 4. The van der Waals surface area contributed by atoms with E-state index in [0.717, 1.165) is 56.7 Å². The van der Waals surface area contributed by atoms with Crippen LogP contribution in [0, 0.1) is 0 Å². The molecular formula is C39H28N6O5S. The van der Waals surface area contributed by atoms with Crippen molar-refractivity contribution in [1.82, 2.24) is 28.7 Å². The SMILES string of the molecule is O=C1OC(O)(c2ccc(OCc3ccccc3)cc2)C(Cc2ccc3[nH]cnc3c2)=C1c1ccc2nsnc2c1.O=Cc1ccc2[nH]cnc2c1. The maximum Gasteiger partial charge on any atom is 0.342 e. The molecule has 1 aliphatic rings. The molecule has 5 aromatic carbocycles. The van der Waals surface area contributed by atoms with E-state index in [1.165, 1.54) is 0 Å². The van der Waals surface area contributed by atoms with Gasteiger partial charge in [0.15, 0.2) is 0 Å². The number of carbonyl (C=O) groups is 2. The van der Waals surface area contributed by atoms with Crippen molar-refractivity contribution in [2.45, 2.75) is 18.8 Å². The summed E-state index contributed by atoms with van der Waals surface area (Å²) >= 11 is 1.11. The minimum atomic E-state index is -1.97. The number of aldehydes is 1. The number of H-pyrrole nitrogens is 2. The molecule has 0 fully saturated rings. The monoisotopic (exact) mass is 692 g/mol. The number of hydrogen-bond acceptors (Lipinski definition) is 10. The second-order valence-electron chi connectivity index (χ2n) is 11.9. The van der Waals surface area contributed by atoms with Gasteiger partial charge in [0.05, 0.1) is 52.0 Å². The number of hydrogen-bond donors (Lipinski definition) is 3. The summed E-state index contributed by atoms with van der Waals surface area (Å²) in [5.41, 5.74) is 9.27. The van der Waals surface area contributed by atoms with E-state index in [9.17, 15) is 14.7 Å². The van der Waals surface area contributed by atoms with E-state index in [-0.39, 0.29) is 6.42 Å². The average Bonchev–Trinajstić information content (AvgIpc) is 3.98. The number of aromatic nitrogens is 6. The van der Waals surface area contributed by atoms with E-state index in [2.05, 4.69) is 28.7 Å². The van der Waals surface area contributed by atoms with Gasteiger partial charge in [-0.2, -0.15) is 8.75 Å². The summed E-state index contributed by atoms with van der Waals surface area (Å²) in [5, 5.41) is 12.0. The number of benzene rings is 5. The summed E-state index contributed by atoms with van der Waals surface area (Å²) in [6.07, 6.45) is 4.32. The van der Waals surface area contributed by atoms with E-state index in [0.29, 0.717) is 45.7 Å². The van der Waals surface area contributed by atoms with Gasteiger partial charge in [-0.3, -0.25) is 4.79 Å². The third-order valence-corrected chi connectivity index (χ3v) is 9.20. The van der Waals surface area contributed by atoms with Gasteiger partial charge in [0.2, 0.25) is 0 Å². The van der Waals surface area contributed by atoms with Gasteiger partial charge in [-0.15, -0.1) is 0 Å². The van der Waals surface area contributed by atoms with Gasteiger partial charge in [0.1, 0.15) is 29.7 Å². The Kier molecular flexibility index (Phi) is 8.36. The molecule has 8 aromatic rings. The molecule has 12 heteroatoms. The van der Waals surface area contributed by atoms with Crippen LogP contribution in [0.4, 0.5) is 0 Å². The van der Waals surface area contributed by atoms with E-state index in [4.69, 9.17) is 9.47 Å². The number of imidazole rings is 2. The van der Waals surface area contributed by atoms with Crippen molar-refractivity contribution in [2.24, 2.45) is 0 Å². The van der Waals surface area contributed by atoms with Crippen LogP contribution >= 0.6 is 11.7 Å². The molecule has 3 aromatic heterocycles. The highest BCUT2D eigenvalue weighted by molar-refractivity contribution is 7.00. The van der Waals surface area contributed by atoms with Crippen LogP contribution in [0.3, 0.4) is 0 Å². The summed E-state index contributed by atoms with van der Waals surface area (Å²) in [4.78, 5) is 38.2. The standard InChI is InChI=1S/C31H22N4O4S.C8H6N2O/c36-30-29(21-7-13-26-28(16-21)35-40-34-26)24(14-20-6-12-25-27(15-20)33-18-32-25)31(37,39-30)22-8-10-23(11-9-22)38-17-19-4-2-1-3-5-19;11-4-6-1-2-7-8(3-6)10-5-9-7/h1-13,15-16,18,37H,14,17H2,(H,32,33);1-5H,(H,9,10). The Hall–Kier alpha value is -6.50. The molecule has 3 N–H and O–H groups in total. The van der Waals surface area contributed by atoms with Crippen LogP contribution in [0.1, 0.15) is 32.6 Å². The highest BCUT2D eigenvalue weighted by Crippen LogP contribution is 2.45. The predicted octanol–water partition coefficient (Wildman–Crippen LogP) is 6.92. The molecule has 1 atom stereocenters. The van der Waals surface area contributed by atoms with E-state index < -0.39 is 11.8 Å². The molecule has 0 aliphatic carbocycles. The molecule has 1 aliphatic heterocycles. The molecule has 9 rings (SSSR count). The normalized spacial score (nSPS) is 15.6. The number of fused-ring (bicyclic) bond motifs is 3. The number of ether oxygens (including phenoxy) is 2. The number of rotatable bonds is 8. The number of nitrogens with one attached hydrogen (secondary N) is 2. The van der Waals surface area contributed by atoms with Gasteiger partial charge < -0.3 is 24.5 Å². The van der Waals surface area contributed by atoms with Crippen molar-refractivity contribution in [2.75, 3.05) is 0 Å². The zero-order valence-corrected chi connectivity index (χ0v) is 27.6. The van der Waals surface area contributed by atoms with Gasteiger partial charge in [0, 0.05) is 23.1 Å². The maximum atomic E-state index is 13.4. The van der Waals surface area contributed by atoms with Crippen molar-refractivity contribution in [3.63, 3.8) is 0 Å². The lowest BCUT2D eigenvalue weighted by molar-refractivity contribution is -0.185. The molecule has 0 amide bonds. The quantitative estimate of drug-likeness (QED) is 0.114.